The molecule has 0 bridgehead atoms. The van der Waals surface area contributed by atoms with Crippen molar-refractivity contribution in [2.24, 2.45) is 5.92 Å². The van der Waals surface area contributed by atoms with Crippen molar-refractivity contribution in [1.82, 2.24) is 10.3 Å². The first-order valence-electron chi connectivity index (χ1n) is 6.73. The van der Waals surface area contributed by atoms with Gasteiger partial charge >= 0.3 is 5.97 Å². The number of aliphatic hydroxyl groups is 1. The van der Waals surface area contributed by atoms with Crippen LogP contribution in [0.25, 0.3) is 0 Å². The minimum Gasteiger partial charge on any atom is -0.477 e. The minimum absolute atomic E-state index is 0.0834. The third kappa shape index (κ3) is 4.29. The van der Waals surface area contributed by atoms with E-state index >= 15 is 0 Å². The smallest absolute Gasteiger partial charge is 0.354 e. The zero-order chi connectivity index (χ0) is 13.7. The molecule has 0 radical (unpaired) electrons. The number of pyridine rings is 1. The minimum atomic E-state index is -0.997. The van der Waals surface area contributed by atoms with Gasteiger partial charge in [0.15, 0.2) is 0 Å². The molecule has 19 heavy (non-hydrogen) atoms. The topological polar surface area (TPSA) is 82.5 Å². The molecule has 3 N–H and O–H groups in total. The van der Waals surface area contributed by atoms with Gasteiger partial charge in [-0.3, -0.25) is 0 Å². The van der Waals surface area contributed by atoms with Gasteiger partial charge in [-0.1, -0.05) is 6.07 Å². The molecule has 1 saturated carbocycles. The van der Waals surface area contributed by atoms with E-state index in [0.29, 0.717) is 12.5 Å². The second kappa shape index (κ2) is 6.63. The summed E-state index contributed by atoms with van der Waals surface area (Å²) in [6, 6.07) is 5.03. The van der Waals surface area contributed by atoms with Crippen molar-refractivity contribution in [2.45, 2.75) is 38.3 Å². The Labute approximate surface area is 112 Å². The van der Waals surface area contributed by atoms with E-state index < -0.39 is 5.97 Å². The summed E-state index contributed by atoms with van der Waals surface area (Å²) in [6.45, 7) is 1.48. The van der Waals surface area contributed by atoms with Crippen molar-refractivity contribution in [1.29, 1.82) is 0 Å². The largest absolute Gasteiger partial charge is 0.477 e. The molecule has 1 aliphatic rings. The van der Waals surface area contributed by atoms with Crippen LogP contribution in [0, 0.1) is 5.92 Å². The second-order valence-corrected chi connectivity index (χ2v) is 5.12. The molecule has 5 nitrogen and oxygen atoms in total. The van der Waals surface area contributed by atoms with Gasteiger partial charge in [-0.05, 0) is 50.3 Å². The average molecular weight is 264 g/mol. The number of carboxylic acids is 1. The molecule has 1 heterocycles. The Kier molecular flexibility index (Phi) is 4.87. The fourth-order valence-corrected chi connectivity index (χ4v) is 2.45. The first-order chi connectivity index (χ1) is 9.15. The highest BCUT2D eigenvalue weighted by Gasteiger charge is 2.18. The molecule has 0 unspecified atom stereocenters. The standard InChI is InChI=1S/C14H20N2O3/c17-12-6-4-10(5-7-12)8-15-9-11-2-1-3-13(16-11)14(18)19/h1-3,10,12,15,17H,4-9H2,(H,18,19). The lowest BCUT2D eigenvalue weighted by molar-refractivity contribution is 0.0690. The van der Waals surface area contributed by atoms with E-state index in [1.165, 1.54) is 6.07 Å². The summed E-state index contributed by atoms with van der Waals surface area (Å²) in [7, 11) is 0. The van der Waals surface area contributed by atoms with E-state index in [1.54, 1.807) is 6.07 Å². The normalized spacial score (nSPS) is 23.2. The van der Waals surface area contributed by atoms with Gasteiger partial charge in [-0.2, -0.15) is 0 Å². The summed E-state index contributed by atoms with van der Waals surface area (Å²) in [5.74, 6) is -0.394. The Bertz CT molecular complexity index is 428. The predicted molar refractivity (Wildman–Crippen MR) is 70.9 cm³/mol. The van der Waals surface area contributed by atoms with Gasteiger partial charge in [-0.25, -0.2) is 9.78 Å². The van der Waals surface area contributed by atoms with Crippen LogP contribution < -0.4 is 5.32 Å². The van der Waals surface area contributed by atoms with E-state index in [2.05, 4.69) is 10.3 Å². The summed E-state index contributed by atoms with van der Waals surface area (Å²) in [4.78, 5) is 14.9. The Morgan fingerprint density at radius 2 is 2.05 bits per heavy atom. The molecular weight excluding hydrogens is 244 g/mol. The van der Waals surface area contributed by atoms with Gasteiger partial charge < -0.3 is 15.5 Å². The number of carboxylic acid groups (broad SMARTS) is 1. The van der Waals surface area contributed by atoms with Gasteiger partial charge in [0.05, 0.1) is 11.8 Å². The van der Waals surface area contributed by atoms with Crippen molar-refractivity contribution < 1.29 is 15.0 Å². The molecule has 5 heteroatoms. The van der Waals surface area contributed by atoms with Crippen molar-refractivity contribution in [3.8, 4) is 0 Å². The summed E-state index contributed by atoms with van der Waals surface area (Å²) >= 11 is 0. The first kappa shape index (κ1) is 14.0. The summed E-state index contributed by atoms with van der Waals surface area (Å²) < 4.78 is 0. The molecule has 0 amide bonds. The Balaban J connectivity index is 1.76. The van der Waals surface area contributed by atoms with Gasteiger partial charge in [0.1, 0.15) is 5.69 Å². The SMILES string of the molecule is O=C(O)c1cccc(CNCC2CCC(O)CC2)n1. The lowest BCUT2D eigenvalue weighted by Crippen LogP contribution is -2.28. The van der Waals surface area contributed by atoms with Crippen molar-refractivity contribution in [2.75, 3.05) is 6.54 Å². The van der Waals surface area contributed by atoms with E-state index in [-0.39, 0.29) is 11.8 Å². The highest BCUT2D eigenvalue weighted by atomic mass is 16.4. The molecule has 0 aliphatic heterocycles. The molecule has 0 saturated heterocycles. The number of aliphatic hydroxyl groups excluding tert-OH is 1. The Morgan fingerprint density at radius 1 is 1.32 bits per heavy atom. The van der Waals surface area contributed by atoms with Crippen LogP contribution in [0.3, 0.4) is 0 Å². The lowest BCUT2D eigenvalue weighted by atomic mass is 9.87. The summed E-state index contributed by atoms with van der Waals surface area (Å²) in [6.07, 6.45) is 3.76. The fourth-order valence-electron chi connectivity index (χ4n) is 2.45. The number of hydrogen-bond acceptors (Lipinski definition) is 4. The van der Waals surface area contributed by atoms with Crippen LogP contribution in [0.4, 0.5) is 0 Å². The number of nitrogens with one attached hydrogen (secondary N) is 1. The molecule has 1 aromatic heterocycles. The highest BCUT2D eigenvalue weighted by Crippen LogP contribution is 2.23. The van der Waals surface area contributed by atoms with E-state index in [1.807, 2.05) is 6.07 Å². The molecule has 1 fully saturated rings. The molecule has 1 aliphatic carbocycles. The van der Waals surface area contributed by atoms with E-state index in [9.17, 15) is 9.90 Å². The summed E-state index contributed by atoms with van der Waals surface area (Å²) in [5, 5.41) is 21.6. The van der Waals surface area contributed by atoms with Crippen LogP contribution >= 0.6 is 0 Å². The third-order valence-corrected chi connectivity index (χ3v) is 3.58. The monoisotopic (exact) mass is 264 g/mol. The van der Waals surface area contributed by atoms with Crippen molar-refractivity contribution in [3.05, 3.63) is 29.6 Å². The van der Waals surface area contributed by atoms with Crippen LogP contribution in [0.15, 0.2) is 18.2 Å². The fraction of sp³-hybridized carbons (Fsp3) is 0.571. The van der Waals surface area contributed by atoms with Gasteiger partial charge in [0.25, 0.3) is 0 Å². The van der Waals surface area contributed by atoms with Gasteiger partial charge in [0, 0.05) is 6.54 Å². The second-order valence-electron chi connectivity index (χ2n) is 5.12. The van der Waals surface area contributed by atoms with Crippen molar-refractivity contribution >= 4 is 5.97 Å². The summed E-state index contributed by atoms with van der Waals surface area (Å²) in [5.41, 5.74) is 0.829. The lowest BCUT2D eigenvalue weighted by Gasteiger charge is -2.25. The number of carbonyl (C=O) groups is 1. The van der Waals surface area contributed by atoms with Crippen LogP contribution in [-0.2, 0) is 6.54 Å². The van der Waals surface area contributed by atoms with Gasteiger partial charge in [0.2, 0.25) is 0 Å². The number of rotatable bonds is 5. The highest BCUT2D eigenvalue weighted by molar-refractivity contribution is 5.85. The first-order valence-corrected chi connectivity index (χ1v) is 6.73. The maximum Gasteiger partial charge on any atom is 0.354 e. The van der Waals surface area contributed by atoms with E-state index in [0.717, 1.165) is 37.9 Å². The van der Waals surface area contributed by atoms with Crippen LogP contribution in [-0.4, -0.2) is 33.8 Å². The molecular formula is C14H20N2O3. The quantitative estimate of drug-likeness (QED) is 0.749. The number of hydrogen-bond donors (Lipinski definition) is 3. The average Bonchev–Trinajstić information content (AvgIpc) is 2.41. The molecule has 2 rings (SSSR count). The number of aromatic nitrogens is 1. The maximum atomic E-state index is 10.8. The van der Waals surface area contributed by atoms with Crippen LogP contribution in [0.1, 0.15) is 41.9 Å². The van der Waals surface area contributed by atoms with E-state index in [4.69, 9.17) is 5.11 Å². The van der Waals surface area contributed by atoms with Crippen LogP contribution in [0.5, 0.6) is 0 Å². The number of aromatic carboxylic acids is 1. The third-order valence-electron chi connectivity index (χ3n) is 3.58. The van der Waals surface area contributed by atoms with Crippen molar-refractivity contribution in [3.63, 3.8) is 0 Å². The molecule has 0 aromatic carbocycles. The molecule has 1 aromatic rings. The molecule has 0 atom stereocenters. The predicted octanol–water partition coefficient (Wildman–Crippen LogP) is 1.42. The van der Waals surface area contributed by atoms with Crippen LogP contribution in [0.2, 0.25) is 0 Å². The zero-order valence-corrected chi connectivity index (χ0v) is 10.9. The molecule has 0 spiro atoms. The molecule has 104 valence electrons. The zero-order valence-electron chi connectivity index (χ0n) is 10.9. The Hall–Kier alpha value is -1.46. The van der Waals surface area contributed by atoms with Gasteiger partial charge in [-0.15, -0.1) is 0 Å². The Morgan fingerprint density at radius 3 is 2.74 bits per heavy atom. The maximum absolute atomic E-state index is 10.8. The number of nitrogens with zero attached hydrogens (tertiary/aromatic N) is 1.